The first-order valence-corrected chi connectivity index (χ1v) is 5.55. The third-order valence-corrected chi connectivity index (χ3v) is 2.87. The summed E-state index contributed by atoms with van der Waals surface area (Å²) < 4.78 is 26.9. The quantitative estimate of drug-likeness (QED) is 0.622. The SMILES string of the molecule is Fc1ccc2c(-c3ccccc3F)ccnc2c1. The summed E-state index contributed by atoms with van der Waals surface area (Å²) in [5, 5.41) is 0.740. The van der Waals surface area contributed by atoms with Crippen LogP contribution in [0.5, 0.6) is 0 Å². The summed E-state index contributed by atoms with van der Waals surface area (Å²) in [5.41, 5.74) is 1.74. The van der Waals surface area contributed by atoms with Gasteiger partial charge in [-0.2, -0.15) is 0 Å². The second-order valence-corrected chi connectivity index (χ2v) is 4.00. The summed E-state index contributed by atoms with van der Waals surface area (Å²) in [5.74, 6) is -0.644. The molecule has 18 heavy (non-hydrogen) atoms. The van der Waals surface area contributed by atoms with E-state index in [1.165, 1.54) is 18.2 Å². The number of benzene rings is 2. The number of aromatic nitrogens is 1. The molecular weight excluding hydrogens is 232 g/mol. The van der Waals surface area contributed by atoms with Crippen LogP contribution in [0.4, 0.5) is 8.78 Å². The molecule has 1 nitrogen and oxygen atoms in total. The Morgan fingerprint density at radius 1 is 0.833 bits per heavy atom. The number of rotatable bonds is 1. The molecule has 0 amide bonds. The van der Waals surface area contributed by atoms with Crippen LogP contribution in [0.3, 0.4) is 0 Å². The number of nitrogens with zero attached hydrogens (tertiary/aromatic N) is 1. The smallest absolute Gasteiger partial charge is 0.131 e. The standard InChI is InChI=1S/C15H9F2N/c16-10-5-6-13-11(7-8-18-15(13)9-10)12-3-1-2-4-14(12)17/h1-9H. The number of halogens is 2. The molecule has 0 aliphatic carbocycles. The van der Waals surface area contributed by atoms with Gasteiger partial charge in [0.15, 0.2) is 0 Å². The first kappa shape index (κ1) is 10.8. The highest BCUT2D eigenvalue weighted by Crippen LogP contribution is 2.29. The van der Waals surface area contributed by atoms with E-state index >= 15 is 0 Å². The van der Waals surface area contributed by atoms with E-state index in [1.807, 2.05) is 0 Å². The van der Waals surface area contributed by atoms with Crippen molar-refractivity contribution in [3.8, 4) is 11.1 Å². The molecule has 88 valence electrons. The van der Waals surface area contributed by atoms with Gasteiger partial charge in [-0.15, -0.1) is 0 Å². The monoisotopic (exact) mass is 241 g/mol. The lowest BCUT2D eigenvalue weighted by Gasteiger charge is -2.07. The number of fused-ring (bicyclic) bond motifs is 1. The van der Waals surface area contributed by atoms with Crippen LogP contribution in [0.1, 0.15) is 0 Å². The molecule has 0 saturated carbocycles. The fraction of sp³-hybridized carbons (Fsp3) is 0. The lowest BCUT2D eigenvalue weighted by molar-refractivity contribution is 0.629. The highest BCUT2D eigenvalue weighted by Gasteiger charge is 2.08. The maximum atomic E-state index is 13.8. The van der Waals surface area contributed by atoms with Gasteiger partial charge in [-0.05, 0) is 29.8 Å². The van der Waals surface area contributed by atoms with Crippen LogP contribution < -0.4 is 0 Å². The van der Waals surface area contributed by atoms with E-state index in [2.05, 4.69) is 4.98 Å². The third-order valence-electron chi connectivity index (χ3n) is 2.87. The van der Waals surface area contributed by atoms with Gasteiger partial charge in [-0.1, -0.05) is 18.2 Å². The molecule has 0 aliphatic rings. The molecule has 1 aromatic heterocycles. The van der Waals surface area contributed by atoms with Crippen molar-refractivity contribution in [3.63, 3.8) is 0 Å². The zero-order valence-corrected chi connectivity index (χ0v) is 9.40. The third kappa shape index (κ3) is 1.74. The highest BCUT2D eigenvalue weighted by atomic mass is 19.1. The Bertz CT molecular complexity index is 723. The normalized spacial score (nSPS) is 10.8. The topological polar surface area (TPSA) is 12.9 Å². The number of hydrogen-bond acceptors (Lipinski definition) is 1. The number of hydrogen-bond donors (Lipinski definition) is 0. The Labute approximate surface area is 103 Å². The predicted molar refractivity (Wildman–Crippen MR) is 67.1 cm³/mol. The fourth-order valence-corrected chi connectivity index (χ4v) is 2.04. The van der Waals surface area contributed by atoms with Crippen LogP contribution in [0.15, 0.2) is 54.7 Å². The molecule has 0 bridgehead atoms. The van der Waals surface area contributed by atoms with Crippen LogP contribution in [-0.4, -0.2) is 4.98 Å². The minimum Gasteiger partial charge on any atom is -0.256 e. The molecular formula is C15H9F2N. The molecule has 3 aromatic rings. The minimum atomic E-state index is -0.347. The zero-order valence-electron chi connectivity index (χ0n) is 9.40. The van der Waals surface area contributed by atoms with Gasteiger partial charge in [-0.3, -0.25) is 4.98 Å². The van der Waals surface area contributed by atoms with E-state index in [0.717, 1.165) is 10.9 Å². The molecule has 0 spiro atoms. The van der Waals surface area contributed by atoms with E-state index in [1.54, 1.807) is 36.5 Å². The summed E-state index contributed by atoms with van der Waals surface area (Å²) in [4.78, 5) is 4.10. The number of pyridine rings is 1. The maximum absolute atomic E-state index is 13.8. The molecule has 0 atom stereocenters. The molecule has 3 heteroatoms. The fourth-order valence-electron chi connectivity index (χ4n) is 2.04. The summed E-state index contributed by atoms with van der Waals surface area (Å²) in [6.07, 6.45) is 1.56. The lowest BCUT2D eigenvalue weighted by atomic mass is 10.0. The molecule has 1 heterocycles. The molecule has 0 radical (unpaired) electrons. The minimum absolute atomic E-state index is 0.297. The second kappa shape index (κ2) is 4.18. The van der Waals surface area contributed by atoms with Crippen molar-refractivity contribution >= 4 is 10.9 Å². The van der Waals surface area contributed by atoms with Crippen molar-refractivity contribution in [1.29, 1.82) is 0 Å². The van der Waals surface area contributed by atoms with E-state index in [4.69, 9.17) is 0 Å². The summed E-state index contributed by atoms with van der Waals surface area (Å²) in [6.45, 7) is 0. The van der Waals surface area contributed by atoms with Crippen LogP contribution in [-0.2, 0) is 0 Å². The molecule has 3 rings (SSSR count). The van der Waals surface area contributed by atoms with Gasteiger partial charge in [0.1, 0.15) is 11.6 Å². The van der Waals surface area contributed by atoms with Gasteiger partial charge >= 0.3 is 0 Å². The lowest BCUT2D eigenvalue weighted by Crippen LogP contribution is -1.88. The van der Waals surface area contributed by atoms with Gasteiger partial charge in [0, 0.05) is 23.2 Å². The van der Waals surface area contributed by atoms with Crippen LogP contribution >= 0.6 is 0 Å². The van der Waals surface area contributed by atoms with Gasteiger partial charge in [0.25, 0.3) is 0 Å². The summed E-state index contributed by atoms with van der Waals surface area (Å²) in [7, 11) is 0. The van der Waals surface area contributed by atoms with Crippen molar-refractivity contribution < 1.29 is 8.78 Å². The van der Waals surface area contributed by atoms with Crippen molar-refractivity contribution in [2.75, 3.05) is 0 Å². The van der Waals surface area contributed by atoms with Crippen LogP contribution in [0.25, 0.3) is 22.0 Å². The summed E-state index contributed by atoms with van der Waals surface area (Å²) in [6, 6.07) is 12.6. The van der Waals surface area contributed by atoms with Gasteiger partial charge in [0.2, 0.25) is 0 Å². The molecule has 0 aliphatic heterocycles. The molecule has 2 aromatic carbocycles. The largest absolute Gasteiger partial charge is 0.256 e. The Hall–Kier alpha value is -2.29. The molecule has 0 N–H and O–H groups in total. The van der Waals surface area contributed by atoms with E-state index in [-0.39, 0.29) is 11.6 Å². The molecule has 0 saturated heterocycles. The Morgan fingerprint density at radius 2 is 1.67 bits per heavy atom. The van der Waals surface area contributed by atoms with Crippen molar-refractivity contribution in [2.45, 2.75) is 0 Å². The maximum Gasteiger partial charge on any atom is 0.131 e. The average molecular weight is 241 g/mol. The first-order chi connectivity index (χ1) is 8.75. The Kier molecular flexibility index (Phi) is 2.52. The van der Waals surface area contributed by atoms with E-state index in [0.29, 0.717) is 11.1 Å². The van der Waals surface area contributed by atoms with Crippen molar-refractivity contribution in [1.82, 2.24) is 4.98 Å². The van der Waals surface area contributed by atoms with Gasteiger partial charge in [0.05, 0.1) is 5.52 Å². The highest BCUT2D eigenvalue weighted by molar-refractivity contribution is 5.94. The van der Waals surface area contributed by atoms with Crippen molar-refractivity contribution in [2.24, 2.45) is 0 Å². The van der Waals surface area contributed by atoms with Crippen molar-refractivity contribution in [3.05, 3.63) is 66.4 Å². The molecule has 0 fully saturated rings. The molecule has 0 unspecified atom stereocenters. The van der Waals surface area contributed by atoms with Gasteiger partial charge < -0.3 is 0 Å². The van der Waals surface area contributed by atoms with E-state index < -0.39 is 0 Å². The van der Waals surface area contributed by atoms with E-state index in [9.17, 15) is 8.78 Å². The van der Waals surface area contributed by atoms with Crippen LogP contribution in [0, 0.1) is 11.6 Å². The first-order valence-electron chi connectivity index (χ1n) is 5.55. The van der Waals surface area contributed by atoms with Crippen LogP contribution in [0.2, 0.25) is 0 Å². The second-order valence-electron chi connectivity index (χ2n) is 4.00. The predicted octanol–water partition coefficient (Wildman–Crippen LogP) is 4.18. The average Bonchev–Trinajstić information content (AvgIpc) is 2.38. The summed E-state index contributed by atoms with van der Waals surface area (Å²) >= 11 is 0. The zero-order chi connectivity index (χ0) is 12.5. The Balaban J connectivity index is 2.33. The van der Waals surface area contributed by atoms with Gasteiger partial charge in [-0.25, -0.2) is 8.78 Å². The Morgan fingerprint density at radius 3 is 2.50 bits per heavy atom.